The van der Waals surface area contributed by atoms with E-state index in [1.54, 1.807) is 5.38 Å². The SMILES string of the molecule is Nc1nc(/C(=N/OC2CCCC2)C(=O)NC2C(=O)N3C(C(=O)O)=C(/C=C/Sc4cc(=O)c5ccc(C(F)(F)F)cc5s4)CS[C@H]23)cs1. The zero-order valence-corrected chi connectivity index (χ0v) is 27.2. The Morgan fingerprint density at radius 2 is 1.98 bits per heavy atom. The summed E-state index contributed by atoms with van der Waals surface area (Å²) in [6.07, 6.45) is 0.375. The van der Waals surface area contributed by atoms with Gasteiger partial charge in [-0.1, -0.05) is 16.9 Å². The number of nitrogens with zero attached hydrogens (tertiary/aromatic N) is 3. The number of nitrogens with one attached hydrogen (secondary N) is 1. The number of nitrogen functional groups attached to an aromatic ring is 1. The fourth-order valence-electron chi connectivity index (χ4n) is 5.25. The highest BCUT2D eigenvalue weighted by atomic mass is 32.2. The number of carboxylic acid groups (broad SMARTS) is 1. The van der Waals surface area contributed by atoms with E-state index in [0.29, 0.717) is 9.78 Å². The van der Waals surface area contributed by atoms with Crippen molar-refractivity contribution < 1.29 is 37.5 Å². The lowest BCUT2D eigenvalue weighted by atomic mass is 10.0. The summed E-state index contributed by atoms with van der Waals surface area (Å²) in [6.45, 7) is 0. The summed E-state index contributed by atoms with van der Waals surface area (Å²) in [5, 5.41) is 19.5. The third kappa shape index (κ3) is 6.90. The van der Waals surface area contributed by atoms with Crippen molar-refractivity contribution in [2.75, 3.05) is 11.5 Å². The molecule has 0 spiro atoms. The zero-order chi connectivity index (χ0) is 33.5. The molecule has 6 rings (SSSR count). The standard InChI is InChI=1S/C29H24F3N5O6S4/c30-29(31,32)14-5-6-16-18(38)10-20(47-19(16)9-14)44-8-7-13-11-45-26-22(25(40)37(26)23(13)27(41)42)35-24(39)21(17-12-46-28(33)34-17)36-43-15-3-1-2-4-15/h5-10,12,15,22,26H,1-4,11H2,(H2,33,34)(H,35,39)(H,41,42)/b8-7+,36-21-/t22?,26-/m1/s1. The van der Waals surface area contributed by atoms with Crippen LogP contribution >= 0.6 is 46.2 Å². The normalized spacial score (nSPS) is 20.5. The van der Waals surface area contributed by atoms with Gasteiger partial charge in [-0.2, -0.15) is 13.2 Å². The molecule has 3 aromatic rings. The van der Waals surface area contributed by atoms with Gasteiger partial charge in [-0.15, -0.1) is 34.4 Å². The van der Waals surface area contributed by atoms with Gasteiger partial charge in [0.15, 0.2) is 16.3 Å². The first-order chi connectivity index (χ1) is 22.4. The maximum absolute atomic E-state index is 13.3. The molecule has 2 fully saturated rings. The monoisotopic (exact) mass is 723 g/mol. The molecule has 47 heavy (non-hydrogen) atoms. The number of hydrogen-bond acceptors (Lipinski definition) is 12. The van der Waals surface area contributed by atoms with Gasteiger partial charge < -0.3 is 21.0 Å². The number of rotatable bonds is 9. The van der Waals surface area contributed by atoms with Crippen LogP contribution in [0.3, 0.4) is 0 Å². The largest absolute Gasteiger partial charge is 0.477 e. The van der Waals surface area contributed by atoms with E-state index in [1.807, 2.05) is 0 Å². The van der Waals surface area contributed by atoms with Crippen LogP contribution < -0.4 is 16.5 Å². The maximum Gasteiger partial charge on any atom is 0.416 e. The van der Waals surface area contributed by atoms with Crippen LogP contribution in [-0.4, -0.2) is 61.8 Å². The number of β-lactam (4-membered cyclic amide) rings is 1. The van der Waals surface area contributed by atoms with E-state index in [0.717, 1.165) is 83.2 Å². The van der Waals surface area contributed by atoms with E-state index in [2.05, 4.69) is 15.5 Å². The van der Waals surface area contributed by atoms with Crippen molar-refractivity contribution in [3.05, 3.63) is 73.9 Å². The second-order valence-corrected chi connectivity index (χ2v) is 14.9. The first kappa shape index (κ1) is 33.0. The number of nitrogens with two attached hydrogens (primary N) is 1. The number of oxime groups is 1. The molecule has 4 heterocycles. The number of hydrogen-bond donors (Lipinski definition) is 3. The Morgan fingerprint density at radius 1 is 1.21 bits per heavy atom. The smallest absolute Gasteiger partial charge is 0.416 e. The van der Waals surface area contributed by atoms with Crippen molar-refractivity contribution in [2.24, 2.45) is 5.16 Å². The fourth-order valence-corrected chi connectivity index (χ4v) is 9.14. The van der Waals surface area contributed by atoms with Gasteiger partial charge in [0.05, 0.1) is 9.77 Å². The van der Waals surface area contributed by atoms with Crippen LogP contribution in [0.2, 0.25) is 0 Å². The average Bonchev–Trinajstić information content (AvgIpc) is 3.71. The summed E-state index contributed by atoms with van der Waals surface area (Å²) < 4.78 is 40.1. The number of benzene rings is 1. The molecule has 2 atom stereocenters. The topological polar surface area (TPSA) is 164 Å². The Kier molecular flexibility index (Phi) is 9.37. The molecule has 18 heteroatoms. The number of allylic oxidation sites excluding steroid dienone is 1. The van der Waals surface area contributed by atoms with Crippen molar-refractivity contribution in [3.63, 3.8) is 0 Å². The first-order valence-electron chi connectivity index (χ1n) is 14.1. The lowest BCUT2D eigenvalue weighted by Crippen LogP contribution is -2.71. The van der Waals surface area contributed by atoms with Crippen LogP contribution in [0, 0.1) is 0 Å². The van der Waals surface area contributed by atoms with Crippen LogP contribution in [0.25, 0.3) is 10.1 Å². The van der Waals surface area contributed by atoms with Crippen molar-refractivity contribution in [1.29, 1.82) is 0 Å². The number of anilines is 1. The van der Waals surface area contributed by atoms with Gasteiger partial charge in [-0.05, 0) is 60.9 Å². The van der Waals surface area contributed by atoms with Crippen LogP contribution in [0.4, 0.5) is 18.3 Å². The zero-order valence-electron chi connectivity index (χ0n) is 24.0. The van der Waals surface area contributed by atoms with Crippen molar-refractivity contribution in [3.8, 4) is 0 Å². The van der Waals surface area contributed by atoms with Crippen LogP contribution in [0.5, 0.6) is 0 Å². The minimum Gasteiger partial charge on any atom is -0.477 e. The van der Waals surface area contributed by atoms with Gasteiger partial charge in [0, 0.05) is 27.3 Å². The minimum absolute atomic E-state index is 0.136. The molecule has 246 valence electrons. The lowest BCUT2D eigenvalue weighted by Gasteiger charge is -2.49. The Bertz CT molecular complexity index is 1920. The number of carboxylic acids is 1. The summed E-state index contributed by atoms with van der Waals surface area (Å²) in [6, 6.07) is 3.20. The van der Waals surface area contributed by atoms with Crippen molar-refractivity contribution in [1.82, 2.24) is 15.2 Å². The van der Waals surface area contributed by atoms with E-state index >= 15 is 0 Å². The summed E-state index contributed by atoms with van der Waals surface area (Å²) in [4.78, 5) is 62.2. The van der Waals surface area contributed by atoms with Gasteiger partial charge in [-0.25, -0.2) is 9.78 Å². The Balaban J connectivity index is 1.17. The molecular weight excluding hydrogens is 700 g/mol. The molecule has 1 unspecified atom stereocenters. The average molecular weight is 724 g/mol. The third-order valence-corrected chi connectivity index (χ3v) is 11.6. The quantitative estimate of drug-likeness (QED) is 0.118. The van der Waals surface area contributed by atoms with Crippen molar-refractivity contribution >= 4 is 84.9 Å². The Morgan fingerprint density at radius 3 is 2.66 bits per heavy atom. The Labute approximate surface area is 280 Å². The van der Waals surface area contributed by atoms with Gasteiger partial charge in [0.25, 0.3) is 11.8 Å². The molecule has 0 bridgehead atoms. The predicted octanol–water partition coefficient (Wildman–Crippen LogP) is 5.03. The number of aromatic nitrogens is 1. The number of alkyl halides is 3. The minimum atomic E-state index is -4.56. The number of halogens is 3. The second-order valence-electron chi connectivity index (χ2n) is 10.6. The number of thioether (sulfide) groups is 2. The van der Waals surface area contributed by atoms with E-state index in [4.69, 9.17) is 10.6 Å². The van der Waals surface area contributed by atoms with E-state index in [-0.39, 0.29) is 44.2 Å². The summed E-state index contributed by atoms with van der Waals surface area (Å²) in [5.41, 5.74) is 4.54. The molecule has 0 radical (unpaired) electrons. The molecule has 3 aliphatic rings. The first-order valence-corrected chi connectivity index (χ1v) is 17.7. The molecule has 1 aromatic carbocycles. The molecule has 1 aliphatic carbocycles. The fraction of sp³-hybridized carbons (Fsp3) is 0.310. The number of carbonyl (C=O) groups is 3. The highest BCUT2D eigenvalue weighted by Gasteiger charge is 2.54. The molecule has 2 aliphatic heterocycles. The van der Waals surface area contributed by atoms with E-state index in [1.165, 1.54) is 29.3 Å². The van der Waals surface area contributed by atoms with E-state index in [9.17, 15) is 37.5 Å². The van der Waals surface area contributed by atoms with Gasteiger partial charge in [0.1, 0.15) is 28.9 Å². The lowest BCUT2D eigenvalue weighted by molar-refractivity contribution is -0.150. The second kappa shape index (κ2) is 13.3. The van der Waals surface area contributed by atoms with Crippen LogP contribution in [0.1, 0.15) is 36.9 Å². The van der Waals surface area contributed by atoms with Crippen molar-refractivity contribution in [2.45, 2.75) is 53.6 Å². The number of fused-ring (bicyclic) bond motifs is 2. The van der Waals surface area contributed by atoms with Gasteiger partial charge >= 0.3 is 12.1 Å². The highest BCUT2D eigenvalue weighted by Crippen LogP contribution is 2.41. The highest BCUT2D eigenvalue weighted by molar-refractivity contribution is 8.04. The summed E-state index contributed by atoms with van der Waals surface area (Å²) in [5.74, 6) is -2.52. The molecule has 2 amide bonds. The number of amides is 2. The van der Waals surface area contributed by atoms with Gasteiger partial charge in [0.2, 0.25) is 0 Å². The molecule has 11 nitrogen and oxygen atoms in total. The van der Waals surface area contributed by atoms with E-state index < -0.39 is 46.4 Å². The van der Waals surface area contributed by atoms with Gasteiger partial charge in [-0.3, -0.25) is 19.3 Å². The Hall–Kier alpha value is -3.87. The molecular formula is C29H24F3N5O6S4. The van der Waals surface area contributed by atoms with Crippen LogP contribution in [0.15, 0.2) is 66.6 Å². The third-order valence-electron chi connectivity index (χ3n) is 7.55. The number of thiazole rings is 1. The molecule has 2 aromatic heterocycles. The number of carbonyl (C=O) groups excluding carboxylic acids is 2. The predicted molar refractivity (Wildman–Crippen MR) is 174 cm³/mol. The number of aliphatic carboxylic acids is 1. The maximum atomic E-state index is 13.3. The molecule has 1 saturated carbocycles. The molecule has 4 N–H and O–H groups in total. The molecule has 1 saturated heterocycles. The summed E-state index contributed by atoms with van der Waals surface area (Å²) >= 11 is 4.39. The summed E-state index contributed by atoms with van der Waals surface area (Å²) in [7, 11) is 0. The van der Waals surface area contributed by atoms with Crippen LogP contribution in [-0.2, 0) is 25.4 Å².